The number of nitriles is 1. The summed E-state index contributed by atoms with van der Waals surface area (Å²) < 4.78 is 0. The number of hydrogen-bond donors (Lipinski definition) is 0. The van der Waals surface area contributed by atoms with Crippen molar-refractivity contribution in [1.29, 1.82) is 5.26 Å². The minimum Gasteiger partial charge on any atom is -0.265 e. The Morgan fingerprint density at radius 3 is 0.760 bits per heavy atom. The van der Waals surface area contributed by atoms with Crippen LogP contribution in [0.2, 0.25) is 0 Å². The van der Waals surface area contributed by atoms with Crippen molar-refractivity contribution in [3.63, 3.8) is 0 Å². The molecular formula is C108H83N13. The van der Waals surface area contributed by atoms with Crippen LogP contribution in [-0.2, 0) is 0 Å². The van der Waals surface area contributed by atoms with Crippen LogP contribution in [0.5, 0.6) is 0 Å². The molecule has 0 amide bonds. The minimum atomic E-state index is 0.646. The van der Waals surface area contributed by atoms with Gasteiger partial charge in [-0.2, -0.15) is 5.26 Å². The van der Waals surface area contributed by atoms with Gasteiger partial charge in [-0.1, -0.05) is 322 Å². The van der Waals surface area contributed by atoms with Crippen LogP contribution in [0.15, 0.2) is 413 Å². The lowest BCUT2D eigenvalue weighted by Crippen LogP contribution is -1.96. The molecule has 0 atom stereocenters. The predicted molar refractivity (Wildman–Crippen MR) is 490 cm³/mol. The summed E-state index contributed by atoms with van der Waals surface area (Å²) in [6.07, 6.45) is 5.44. The zero-order valence-electron chi connectivity index (χ0n) is 67.6. The molecule has 0 saturated carbocycles. The van der Waals surface area contributed by atoms with E-state index >= 15 is 0 Å². The SMILES string of the molecule is Cc1nc(-c2ccccc2)cc(-c2ccc(C#N)cc2)n1.Cc1nc(-c2ccccc2)cc(-c2cccc(-c3ccccc3)c2)n1.Cc1nc(-c2ccccc2)cc(-c2ccccc2-c2ccccc2)n1.Cc1nc(-c2ccccc2)cc(-c2ccccc2-c2ccccn2)n1.Cc1nc(-c2ccccc2)cc(-c2ccccc2-c2ccncc2)n1. The summed E-state index contributed by atoms with van der Waals surface area (Å²) >= 11 is 0. The van der Waals surface area contributed by atoms with Crippen LogP contribution >= 0.6 is 0 Å². The first-order valence-electron chi connectivity index (χ1n) is 39.9. The minimum absolute atomic E-state index is 0.646. The monoisotopic (exact) mass is 1560 g/mol. The first kappa shape index (κ1) is 80.0. The molecule has 0 spiro atoms. The molecule has 12 aromatic carbocycles. The van der Waals surface area contributed by atoms with Crippen LogP contribution in [0, 0.1) is 45.9 Å². The third-order valence-electron chi connectivity index (χ3n) is 19.7. The summed E-state index contributed by atoms with van der Waals surface area (Å²) in [7, 11) is 0. The topological polar surface area (TPSA) is 178 Å². The average molecular weight is 1560 g/mol. The van der Waals surface area contributed by atoms with Gasteiger partial charge in [-0.3, -0.25) is 9.97 Å². The lowest BCUT2D eigenvalue weighted by atomic mass is 9.97. The van der Waals surface area contributed by atoms with E-state index in [9.17, 15) is 0 Å². The van der Waals surface area contributed by atoms with Crippen molar-refractivity contribution in [2.24, 2.45) is 0 Å². The van der Waals surface area contributed by atoms with Crippen LogP contribution < -0.4 is 0 Å². The molecule has 7 aromatic heterocycles. The molecule has 0 aliphatic rings. The zero-order valence-corrected chi connectivity index (χ0v) is 67.6. The fourth-order valence-electron chi connectivity index (χ4n) is 14.1. The first-order valence-corrected chi connectivity index (χ1v) is 39.9. The number of rotatable bonds is 14. The summed E-state index contributed by atoms with van der Waals surface area (Å²) in [6, 6.07) is 135. The van der Waals surface area contributed by atoms with Gasteiger partial charge < -0.3 is 0 Å². The molecule has 19 rings (SSSR count). The van der Waals surface area contributed by atoms with Gasteiger partial charge in [-0.15, -0.1) is 0 Å². The largest absolute Gasteiger partial charge is 0.265 e. The molecule has 7 heterocycles. The lowest BCUT2D eigenvalue weighted by Gasteiger charge is -2.11. The maximum atomic E-state index is 8.86. The Morgan fingerprint density at radius 2 is 0.421 bits per heavy atom. The maximum Gasteiger partial charge on any atom is 0.126 e. The van der Waals surface area contributed by atoms with E-state index in [1.165, 1.54) is 22.3 Å². The Hall–Kier alpha value is -16.2. The Labute approximate surface area is 706 Å². The fraction of sp³-hybridized carbons (Fsp3) is 0.0463. The molecule has 0 aliphatic heterocycles. The fourth-order valence-corrected chi connectivity index (χ4v) is 14.1. The highest BCUT2D eigenvalue weighted by Crippen LogP contribution is 2.37. The second-order valence-corrected chi connectivity index (χ2v) is 28.3. The third-order valence-corrected chi connectivity index (χ3v) is 19.7. The van der Waals surface area contributed by atoms with Gasteiger partial charge >= 0.3 is 0 Å². The van der Waals surface area contributed by atoms with Crippen molar-refractivity contribution in [1.82, 2.24) is 59.8 Å². The summed E-state index contributed by atoms with van der Waals surface area (Å²) in [6.45, 7) is 9.64. The maximum absolute atomic E-state index is 8.86. The predicted octanol–water partition coefficient (Wildman–Crippen LogP) is 25.9. The molecule has 0 N–H and O–H groups in total. The lowest BCUT2D eigenvalue weighted by molar-refractivity contribution is 1.06. The van der Waals surface area contributed by atoms with Crippen molar-refractivity contribution in [3.05, 3.63) is 448 Å². The van der Waals surface area contributed by atoms with Crippen molar-refractivity contribution in [3.8, 4) is 163 Å². The molecule has 0 fully saturated rings. The van der Waals surface area contributed by atoms with E-state index in [2.05, 4.69) is 249 Å². The third kappa shape index (κ3) is 20.9. The van der Waals surface area contributed by atoms with Gasteiger partial charge in [-0.05, 0) is 141 Å². The normalized spacial score (nSPS) is 10.5. The van der Waals surface area contributed by atoms with Crippen LogP contribution in [0.1, 0.15) is 34.7 Å². The van der Waals surface area contributed by atoms with E-state index < -0.39 is 0 Å². The Kier molecular flexibility index (Phi) is 26.1. The van der Waals surface area contributed by atoms with Crippen LogP contribution in [0.4, 0.5) is 0 Å². The molecule has 121 heavy (non-hydrogen) atoms. The van der Waals surface area contributed by atoms with E-state index in [-0.39, 0.29) is 0 Å². The second-order valence-electron chi connectivity index (χ2n) is 28.3. The summed E-state index contributed by atoms with van der Waals surface area (Å²) in [4.78, 5) is 54.8. The number of pyridine rings is 2. The Morgan fingerprint density at radius 1 is 0.174 bits per heavy atom. The zero-order chi connectivity index (χ0) is 82.9. The Bertz CT molecular complexity index is 6270. The number of aromatic nitrogens is 12. The molecule has 0 radical (unpaired) electrons. The molecule has 0 bridgehead atoms. The van der Waals surface area contributed by atoms with Gasteiger partial charge in [-0.25, -0.2) is 49.8 Å². The van der Waals surface area contributed by atoms with Gasteiger partial charge in [0.15, 0.2) is 0 Å². The van der Waals surface area contributed by atoms with Crippen molar-refractivity contribution in [2.45, 2.75) is 34.6 Å². The van der Waals surface area contributed by atoms with Crippen LogP contribution in [0.3, 0.4) is 0 Å². The molecule has 0 unspecified atom stereocenters. The number of hydrogen-bond acceptors (Lipinski definition) is 13. The van der Waals surface area contributed by atoms with Gasteiger partial charge in [0.05, 0.1) is 74.3 Å². The quantitative estimate of drug-likeness (QED) is 0.100. The summed E-state index contributed by atoms with van der Waals surface area (Å²) in [5.41, 5.74) is 29.8. The number of benzene rings is 12. The average Bonchev–Trinajstić information content (AvgIpc) is 0.821. The van der Waals surface area contributed by atoms with Gasteiger partial charge in [0.25, 0.3) is 0 Å². The van der Waals surface area contributed by atoms with Crippen LogP contribution in [-0.4, -0.2) is 59.8 Å². The number of aryl methyl sites for hydroxylation is 5. The van der Waals surface area contributed by atoms with Gasteiger partial charge in [0.2, 0.25) is 0 Å². The molecule has 0 saturated heterocycles. The molecule has 0 aliphatic carbocycles. The first-order chi connectivity index (χ1) is 59.5. The number of nitrogens with zero attached hydrogens (tertiary/aromatic N) is 13. The van der Waals surface area contributed by atoms with E-state index in [0.717, 1.165) is 164 Å². The van der Waals surface area contributed by atoms with E-state index in [1.54, 1.807) is 12.1 Å². The summed E-state index contributed by atoms with van der Waals surface area (Å²) in [5.74, 6) is 3.81. The molecule has 13 nitrogen and oxygen atoms in total. The highest BCUT2D eigenvalue weighted by molar-refractivity contribution is 5.86. The van der Waals surface area contributed by atoms with Crippen molar-refractivity contribution in [2.75, 3.05) is 0 Å². The smallest absolute Gasteiger partial charge is 0.126 e. The standard InChI is InChI=1S/2C23H18N2.2C22H17N3.C18H13N3/c1-17-24-22(19-12-6-3-7-13-19)16-23(25-17)21-15-9-8-14-20(21)18-10-4-2-5-11-18;1-17-24-22(19-11-6-3-7-12-19)16-23(25-17)21-14-8-13-20(15-21)18-9-4-2-5-10-18;1-16-24-21(17-9-3-2-4-10-17)15-22(25-16)19-12-6-5-11-18(19)20-13-7-8-14-23-20;1-16-24-21(18-7-3-2-4-8-18)15-22(25-16)20-10-6-5-9-19(20)17-11-13-23-14-12-17;1-13-20-17(15-5-3-2-4-6-15)11-18(21-13)16-9-7-14(12-19)8-10-16/h2*2-16H,1H3;2*2-15H,1H3;2-11H,1H3. The molecule has 13 heteroatoms. The second kappa shape index (κ2) is 39.4. The molecule has 19 aromatic rings. The van der Waals surface area contributed by atoms with Crippen LogP contribution in [0.25, 0.3) is 157 Å². The van der Waals surface area contributed by atoms with Gasteiger partial charge in [0.1, 0.15) is 29.1 Å². The summed E-state index contributed by atoms with van der Waals surface area (Å²) in [5, 5.41) is 8.86. The molecular weight excluding hydrogens is 1480 g/mol. The molecule has 580 valence electrons. The van der Waals surface area contributed by atoms with E-state index in [0.29, 0.717) is 5.56 Å². The van der Waals surface area contributed by atoms with E-state index in [4.69, 9.17) is 10.2 Å². The van der Waals surface area contributed by atoms with E-state index in [1.807, 2.05) is 247 Å². The Balaban J connectivity index is 0.000000118. The highest BCUT2D eigenvalue weighted by Gasteiger charge is 2.17. The van der Waals surface area contributed by atoms with Crippen molar-refractivity contribution >= 4 is 0 Å². The highest BCUT2D eigenvalue weighted by atomic mass is 14.9. The van der Waals surface area contributed by atoms with Gasteiger partial charge in [0, 0.05) is 79.8 Å². The van der Waals surface area contributed by atoms with Crippen molar-refractivity contribution < 1.29 is 0 Å².